The third-order valence-electron chi connectivity index (χ3n) is 5.84. The molecule has 1 heterocycles. The van der Waals surface area contributed by atoms with Crippen molar-refractivity contribution in [1.82, 2.24) is 0 Å². The summed E-state index contributed by atoms with van der Waals surface area (Å²) in [4.78, 5) is 0. The molecule has 1 aromatic rings. The molecule has 2 atom stereocenters. The summed E-state index contributed by atoms with van der Waals surface area (Å²) in [6.07, 6.45) is 8.41. The Morgan fingerprint density at radius 1 is 1.24 bits per heavy atom. The zero-order valence-corrected chi connectivity index (χ0v) is 13.5. The molecule has 21 heavy (non-hydrogen) atoms. The van der Waals surface area contributed by atoms with Gasteiger partial charge >= 0.3 is 0 Å². The minimum atomic E-state index is -0.244. The third kappa shape index (κ3) is 2.89. The van der Waals surface area contributed by atoms with Gasteiger partial charge in [-0.3, -0.25) is 0 Å². The molecule has 0 aromatic heterocycles. The summed E-state index contributed by atoms with van der Waals surface area (Å²) in [6.45, 7) is 5.29. The van der Waals surface area contributed by atoms with Gasteiger partial charge in [0.15, 0.2) is 0 Å². The van der Waals surface area contributed by atoms with Gasteiger partial charge in [0.25, 0.3) is 0 Å². The Bertz CT molecular complexity index is 471. The zero-order chi connectivity index (χ0) is 14.9. The molecule has 2 N–H and O–H groups in total. The molecule has 2 nitrogen and oxygen atoms in total. The van der Waals surface area contributed by atoms with Crippen LogP contribution in [-0.4, -0.2) is 12.2 Å². The molecule has 1 saturated carbocycles. The molecule has 1 spiro atoms. The van der Waals surface area contributed by atoms with E-state index in [1.165, 1.54) is 36.8 Å². The van der Waals surface area contributed by atoms with E-state index < -0.39 is 0 Å². The summed E-state index contributed by atoms with van der Waals surface area (Å²) >= 11 is 0. The third-order valence-corrected chi connectivity index (χ3v) is 5.84. The second-order valence-corrected chi connectivity index (χ2v) is 7.26. The first kappa shape index (κ1) is 15.1. The number of ether oxygens (including phenoxy) is 1. The lowest BCUT2D eigenvalue weighted by Crippen LogP contribution is -2.49. The topological polar surface area (TPSA) is 35.2 Å². The first-order valence-corrected chi connectivity index (χ1v) is 8.58. The van der Waals surface area contributed by atoms with E-state index >= 15 is 0 Å². The smallest absolute Gasteiger partial charge is 0.0686 e. The minimum Gasteiger partial charge on any atom is -0.375 e. The van der Waals surface area contributed by atoms with Crippen molar-refractivity contribution in [3.8, 4) is 0 Å². The van der Waals surface area contributed by atoms with Crippen LogP contribution in [0.5, 0.6) is 0 Å². The van der Waals surface area contributed by atoms with Gasteiger partial charge in [0.05, 0.1) is 5.60 Å². The zero-order valence-electron chi connectivity index (χ0n) is 13.5. The van der Waals surface area contributed by atoms with Crippen molar-refractivity contribution in [2.45, 2.75) is 69.9 Å². The molecule has 2 aliphatic rings. The largest absolute Gasteiger partial charge is 0.375 e. The maximum atomic E-state index is 6.80. The molecule has 1 aliphatic heterocycles. The van der Waals surface area contributed by atoms with E-state index in [-0.39, 0.29) is 11.1 Å². The molecule has 0 radical (unpaired) electrons. The van der Waals surface area contributed by atoms with Crippen molar-refractivity contribution in [1.29, 1.82) is 0 Å². The highest BCUT2D eigenvalue weighted by Crippen LogP contribution is 2.46. The Morgan fingerprint density at radius 2 is 1.90 bits per heavy atom. The van der Waals surface area contributed by atoms with Gasteiger partial charge in [-0.1, -0.05) is 44.0 Å². The van der Waals surface area contributed by atoms with E-state index in [4.69, 9.17) is 10.5 Å². The van der Waals surface area contributed by atoms with Gasteiger partial charge in [0.2, 0.25) is 0 Å². The van der Waals surface area contributed by atoms with Crippen molar-refractivity contribution in [2.24, 2.45) is 11.7 Å². The number of hydrogen-bond acceptors (Lipinski definition) is 2. The average molecular weight is 287 g/mol. The molecule has 3 rings (SSSR count). The second kappa shape index (κ2) is 5.73. The van der Waals surface area contributed by atoms with Crippen LogP contribution in [0, 0.1) is 5.92 Å². The maximum absolute atomic E-state index is 6.80. The SMILES string of the molecule is CCc1ccc(C(C)(N)C2CCOC3(CCCC3)C2)cc1. The van der Waals surface area contributed by atoms with Crippen LogP contribution in [0.1, 0.15) is 63.5 Å². The molecular formula is C19H29NO. The van der Waals surface area contributed by atoms with Crippen molar-refractivity contribution < 1.29 is 4.74 Å². The van der Waals surface area contributed by atoms with Gasteiger partial charge in [-0.25, -0.2) is 0 Å². The molecule has 1 aliphatic carbocycles. The van der Waals surface area contributed by atoms with Crippen LogP contribution in [0.2, 0.25) is 0 Å². The first-order valence-electron chi connectivity index (χ1n) is 8.58. The van der Waals surface area contributed by atoms with Crippen LogP contribution in [0.15, 0.2) is 24.3 Å². The van der Waals surface area contributed by atoms with E-state index in [0.717, 1.165) is 25.9 Å². The van der Waals surface area contributed by atoms with Crippen LogP contribution in [0.3, 0.4) is 0 Å². The van der Waals surface area contributed by atoms with Crippen molar-refractivity contribution in [3.05, 3.63) is 35.4 Å². The van der Waals surface area contributed by atoms with Crippen LogP contribution in [0.25, 0.3) is 0 Å². The Hall–Kier alpha value is -0.860. The van der Waals surface area contributed by atoms with Crippen LogP contribution < -0.4 is 5.73 Å². The van der Waals surface area contributed by atoms with E-state index in [1.54, 1.807) is 0 Å². The highest BCUT2D eigenvalue weighted by Gasteiger charge is 2.45. The van der Waals surface area contributed by atoms with Crippen molar-refractivity contribution in [2.75, 3.05) is 6.61 Å². The monoisotopic (exact) mass is 287 g/mol. The van der Waals surface area contributed by atoms with Crippen LogP contribution in [0.4, 0.5) is 0 Å². The lowest BCUT2D eigenvalue weighted by molar-refractivity contribution is -0.104. The predicted molar refractivity (Wildman–Crippen MR) is 87.2 cm³/mol. The van der Waals surface area contributed by atoms with Gasteiger partial charge < -0.3 is 10.5 Å². The van der Waals surface area contributed by atoms with E-state index in [9.17, 15) is 0 Å². The normalized spacial score (nSPS) is 27.7. The number of rotatable bonds is 3. The fourth-order valence-corrected chi connectivity index (χ4v) is 4.24. The number of aryl methyl sites for hydroxylation is 1. The summed E-state index contributed by atoms with van der Waals surface area (Å²) in [6, 6.07) is 8.92. The molecular weight excluding hydrogens is 258 g/mol. The molecule has 2 unspecified atom stereocenters. The Morgan fingerprint density at radius 3 is 2.52 bits per heavy atom. The Kier molecular flexibility index (Phi) is 4.11. The molecule has 1 saturated heterocycles. The lowest BCUT2D eigenvalue weighted by Gasteiger charge is -2.45. The first-order chi connectivity index (χ1) is 10.1. The summed E-state index contributed by atoms with van der Waals surface area (Å²) in [5.41, 5.74) is 9.36. The molecule has 0 bridgehead atoms. The van der Waals surface area contributed by atoms with E-state index in [2.05, 4.69) is 38.1 Å². The fourth-order valence-electron chi connectivity index (χ4n) is 4.24. The summed E-state index contributed by atoms with van der Waals surface area (Å²) in [7, 11) is 0. The standard InChI is InChI=1S/C19H29NO/c1-3-15-6-8-16(9-7-15)18(2,20)17-10-13-21-19(14-17)11-4-5-12-19/h6-9,17H,3-5,10-14,20H2,1-2H3. The van der Waals surface area contributed by atoms with E-state index in [0.29, 0.717) is 5.92 Å². The molecule has 2 heteroatoms. The summed E-state index contributed by atoms with van der Waals surface area (Å²) < 4.78 is 6.17. The van der Waals surface area contributed by atoms with Gasteiger partial charge in [-0.05, 0) is 56.1 Å². The van der Waals surface area contributed by atoms with Gasteiger partial charge in [-0.15, -0.1) is 0 Å². The number of benzene rings is 1. The summed E-state index contributed by atoms with van der Waals surface area (Å²) in [5, 5.41) is 0. The van der Waals surface area contributed by atoms with E-state index in [1.807, 2.05) is 0 Å². The highest BCUT2D eigenvalue weighted by molar-refractivity contribution is 5.29. The second-order valence-electron chi connectivity index (χ2n) is 7.26. The summed E-state index contributed by atoms with van der Waals surface area (Å²) in [5.74, 6) is 0.525. The van der Waals surface area contributed by atoms with Crippen molar-refractivity contribution in [3.63, 3.8) is 0 Å². The molecule has 116 valence electrons. The molecule has 0 amide bonds. The average Bonchev–Trinajstić information content (AvgIpc) is 2.95. The predicted octanol–water partition coefficient (Wildman–Crippen LogP) is 4.16. The number of hydrogen-bond donors (Lipinski definition) is 1. The van der Waals surface area contributed by atoms with Gasteiger partial charge in [-0.2, -0.15) is 0 Å². The quantitative estimate of drug-likeness (QED) is 0.906. The maximum Gasteiger partial charge on any atom is 0.0686 e. The fraction of sp³-hybridized carbons (Fsp3) is 0.684. The highest BCUT2D eigenvalue weighted by atomic mass is 16.5. The Labute approximate surface area is 129 Å². The van der Waals surface area contributed by atoms with Crippen LogP contribution >= 0.6 is 0 Å². The minimum absolute atomic E-state index is 0.146. The van der Waals surface area contributed by atoms with Crippen LogP contribution in [-0.2, 0) is 16.7 Å². The molecule has 2 fully saturated rings. The number of nitrogens with two attached hydrogens (primary N) is 1. The molecule has 1 aromatic carbocycles. The van der Waals surface area contributed by atoms with Crippen molar-refractivity contribution >= 4 is 0 Å². The Balaban J connectivity index is 1.79. The van der Waals surface area contributed by atoms with Gasteiger partial charge in [0.1, 0.15) is 0 Å². The lowest BCUT2D eigenvalue weighted by atomic mass is 9.71. The van der Waals surface area contributed by atoms with Gasteiger partial charge in [0, 0.05) is 12.1 Å².